The number of allylic oxidation sites excluding steroid dienone is 1. The maximum absolute atomic E-state index is 13.1. The zero-order valence-electron chi connectivity index (χ0n) is 18.7. The van der Waals surface area contributed by atoms with Crippen molar-refractivity contribution in [1.82, 2.24) is 5.32 Å². The van der Waals surface area contributed by atoms with Crippen LogP contribution < -0.4 is 10.2 Å². The van der Waals surface area contributed by atoms with E-state index in [-0.39, 0.29) is 18.4 Å². The number of carbonyl (C=O) groups excluding carboxylic acids is 2. The van der Waals surface area contributed by atoms with E-state index in [2.05, 4.69) is 21.8 Å². The molecule has 0 bridgehead atoms. The van der Waals surface area contributed by atoms with Gasteiger partial charge in [-0.1, -0.05) is 42.5 Å². The van der Waals surface area contributed by atoms with Crippen LogP contribution in [-0.4, -0.2) is 36.7 Å². The Morgan fingerprint density at radius 1 is 1.26 bits per heavy atom. The second kappa shape index (κ2) is 10.3. The topological polar surface area (TPSA) is 61.8 Å². The summed E-state index contributed by atoms with van der Waals surface area (Å²) in [6.07, 6.45) is 9.77. The molecule has 3 rings (SSSR count). The fourth-order valence-electron chi connectivity index (χ4n) is 4.62. The fourth-order valence-corrected chi connectivity index (χ4v) is 4.83. The van der Waals surface area contributed by atoms with Crippen LogP contribution in [0.1, 0.15) is 61.9 Å². The molecule has 0 saturated heterocycles. The van der Waals surface area contributed by atoms with Crippen molar-refractivity contribution in [1.29, 1.82) is 0 Å². The van der Waals surface area contributed by atoms with Gasteiger partial charge in [-0.15, -0.1) is 6.58 Å². The number of amides is 2. The fraction of sp³-hybridized carbons (Fsp3) is 0.480. The van der Waals surface area contributed by atoms with E-state index in [1.165, 1.54) is 19.3 Å². The summed E-state index contributed by atoms with van der Waals surface area (Å²) < 4.78 is 0. The molecule has 0 spiro atoms. The molecule has 1 fully saturated rings. The molecule has 1 aliphatic heterocycles. The van der Waals surface area contributed by atoms with Crippen molar-refractivity contribution in [2.24, 2.45) is 10.9 Å². The lowest BCUT2D eigenvalue weighted by atomic mass is 9.92. The van der Waals surface area contributed by atoms with E-state index in [9.17, 15) is 9.59 Å². The number of benzene rings is 1. The average molecular weight is 442 g/mol. The molecule has 1 heterocycles. The van der Waals surface area contributed by atoms with Gasteiger partial charge in [0.05, 0.1) is 5.92 Å². The Kier molecular flexibility index (Phi) is 7.71. The van der Waals surface area contributed by atoms with Gasteiger partial charge in [-0.3, -0.25) is 9.59 Å². The summed E-state index contributed by atoms with van der Waals surface area (Å²) in [5, 5.41) is 3.45. The van der Waals surface area contributed by atoms with E-state index in [0.717, 1.165) is 29.7 Å². The molecular formula is C25H32ClN3O2. The summed E-state index contributed by atoms with van der Waals surface area (Å²) in [5.41, 5.74) is 4.03. The van der Waals surface area contributed by atoms with Gasteiger partial charge < -0.3 is 10.2 Å². The lowest BCUT2D eigenvalue weighted by molar-refractivity contribution is -0.120. The Morgan fingerprint density at radius 3 is 2.61 bits per heavy atom. The summed E-state index contributed by atoms with van der Waals surface area (Å²) in [6.45, 7) is 10.5. The maximum atomic E-state index is 13.1. The number of nitrogens with zero attached hydrogens (tertiary/aromatic N) is 2. The largest absolute Gasteiger partial charge is 0.365 e. The Bertz CT molecular complexity index is 929. The number of rotatable bonds is 7. The van der Waals surface area contributed by atoms with Crippen molar-refractivity contribution in [3.63, 3.8) is 0 Å². The first kappa shape index (κ1) is 23.3. The standard InChI is InChI=1S/C25H32ClN3O2/c1-5-11-29(20-9-7-6-8-10-20)23-14-19(26)13-21(18(23)4)24(30)27-15-22-16(2)12-17(3)28-25(22)31/h5,12-14,20,22H,1,6-11,15H2,2-4H3,(H,27,30). The maximum Gasteiger partial charge on any atom is 0.254 e. The van der Waals surface area contributed by atoms with E-state index < -0.39 is 5.92 Å². The summed E-state index contributed by atoms with van der Waals surface area (Å²) in [5.74, 6) is -0.864. The van der Waals surface area contributed by atoms with Crippen molar-refractivity contribution in [2.75, 3.05) is 18.0 Å². The average Bonchev–Trinajstić information content (AvgIpc) is 2.73. The molecular weight excluding hydrogens is 410 g/mol. The predicted molar refractivity (Wildman–Crippen MR) is 128 cm³/mol. The quantitative estimate of drug-likeness (QED) is 0.586. The summed E-state index contributed by atoms with van der Waals surface area (Å²) >= 11 is 6.45. The Labute approximate surface area is 190 Å². The molecule has 2 aliphatic rings. The highest BCUT2D eigenvalue weighted by molar-refractivity contribution is 6.31. The highest BCUT2D eigenvalue weighted by atomic mass is 35.5. The third-order valence-corrected chi connectivity index (χ3v) is 6.50. The van der Waals surface area contributed by atoms with Crippen molar-refractivity contribution in [3.05, 3.63) is 52.6 Å². The second-order valence-corrected chi connectivity index (χ2v) is 9.01. The summed E-state index contributed by atoms with van der Waals surface area (Å²) in [4.78, 5) is 31.7. The molecule has 166 valence electrons. The van der Waals surface area contributed by atoms with Crippen LogP contribution in [0.5, 0.6) is 0 Å². The number of anilines is 1. The van der Waals surface area contributed by atoms with E-state index in [4.69, 9.17) is 11.6 Å². The number of halogens is 1. The van der Waals surface area contributed by atoms with Gasteiger partial charge in [0.1, 0.15) is 0 Å². The van der Waals surface area contributed by atoms with Crippen LogP contribution in [0.15, 0.2) is 41.4 Å². The Morgan fingerprint density at radius 2 is 1.97 bits per heavy atom. The van der Waals surface area contributed by atoms with Crippen LogP contribution in [0.25, 0.3) is 0 Å². The minimum atomic E-state index is -0.425. The molecule has 1 aromatic rings. The molecule has 1 atom stereocenters. The highest BCUT2D eigenvalue weighted by Crippen LogP contribution is 2.33. The van der Waals surface area contributed by atoms with Gasteiger partial charge in [-0.2, -0.15) is 0 Å². The van der Waals surface area contributed by atoms with Crippen molar-refractivity contribution in [3.8, 4) is 0 Å². The number of hydrogen-bond donors (Lipinski definition) is 1. The van der Waals surface area contributed by atoms with Crippen molar-refractivity contribution >= 4 is 34.8 Å². The van der Waals surface area contributed by atoms with Gasteiger partial charge in [0.15, 0.2) is 0 Å². The van der Waals surface area contributed by atoms with E-state index >= 15 is 0 Å². The third kappa shape index (κ3) is 5.45. The van der Waals surface area contributed by atoms with Gasteiger partial charge >= 0.3 is 0 Å². The number of aliphatic imine (C=N–C) groups is 1. The van der Waals surface area contributed by atoms with Crippen LogP contribution in [0.3, 0.4) is 0 Å². The Balaban J connectivity index is 1.82. The molecule has 2 amide bonds. The molecule has 1 aromatic carbocycles. The first-order valence-electron chi connectivity index (χ1n) is 11.0. The lowest BCUT2D eigenvalue weighted by Gasteiger charge is -2.37. The third-order valence-electron chi connectivity index (χ3n) is 6.28. The zero-order chi connectivity index (χ0) is 22.5. The van der Waals surface area contributed by atoms with Crippen molar-refractivity contribution in [2.45, 2.75) is 58.9 Å². The predicted octanol–water partition coefficient (Wildman–Crippen LogP) is 5.27. The SMILES string of the molecule is C=CCN(c1cc(Cl)cc(C(=O)NCC2C(=O)N=C(C)C=C2C)c1C)C1CCCCC1. The summed E-state index contributed by atoms with van der Waals surface area (Å²) in [6, 6.07) is 4.07. The molecule has 1 N–H and O–H groups in total. The van der Waals surface area contributed by atoms with Crippen molar-refractivity contribution < 1.29 is 9.59 Å². The molecule has 31 heavy (non-hydrogen) atoms. The number of carbonyl (C=O) groups is 2. The molecule has 1 unspecified atom stereocenters. The first-order valence-corrected chi connectivity index (χ1v) is 11.4. The number of dihydropyridines is 1. The normalized spacial score (nSPS) is 19.5. The number of nitrogens with one attached hydrogen (secondary N) is 1. The van der Waals surface area contributed by atoms with Crippen LogP contribution in [-0.2, 0) is 4.79 Å². The van der Waals surface area contributed by atoms with Crippen LogP contribution in [0, 0.1) is 12.8 Å². The minimum Gasteiger partial charge on any atom is -0.365 e. The molecule has 0 radical (unpaired) electrons. The van der Waals surface area contributed by atoms with E-state index in [0.29, 0.717) is 28.9 Å². The second-order valence-electron chi connectivity index (χ2n) is 8.57. The van der Waals surface area contributed by atoms with Gasteiger partial charge in [0.25, 0.3) is 11.8 Å². The molecule has 0 aromatic heterocycles. The number of hydrogen-bond acceptors (Lipinski definition) is 3. The molecule has 5 nitrogen and oxygen atoms in total. The van der Waals surface area contributed by atoms with Crippen LogP contribution in [0.2, 0.25) is 5.02 Å². The molecule has 1 saturated carbocycles. The monoisotopic (exact) mass is 441 g/mol. The van der Waals surface area contributed by atoms with Gasteiger partial charge in [0, 0.05) is 41.1 Å². The zero-order valence-corrected chi connectivity index (χ0v) is 19.5. The van der Waals surface area contributed by atoms with Gasteiger partial charge in [0.2, 0.25) is 0 Å². The lowest BCUT2D eigenvalue weighted by Crippen LogP contribution is -2.38. The van der Waals surface area contributed by atoms with Crippen LogP contribution in [0.4, 0.5) is 5.69 Å². The first-order chi connectivity index (χ1) is 14.8. The van der Waals surface area contributed by atoms with Gasteiger partial charge in [-0.05, 0) is 57.4 Å². The highest BCUT2D eigenvalue weighted by Gasteiger charge is 2.26. The summed E-state index contributed by atoms with van der Waals surface area (Å²) in [7, 11) is 0. The van der Waals surface area contributed by atoms with E-state index in [1.54, 1.807) is 13.0 Å². The molecule has 1 aliphatic carbocycles. The Hall–Kier alpha value is -2.40. The molecule has 6 heteroatoms. The smallest absolute Gasteiger partial charge is 0.254 e. The van der Waals surface area contributed by atoms with E-state index in [1.807, 2.05) is 32.1 Å². The van der Waals surface area contributed by atoms with Gasteiger partial charge in [-0.25, -0.2) is 4.99 Å². The van der Waals surface area contributed by atoms with Crippen LogP contribution >= 0.6 is 11.6 Å². The minimum absolute atomic E-state index is 0.212.